The van der Waals surface area contributed by atoms with E-state index in [0.29, 0.717) is 64.4 Å². The van der Waals surface area contributed by atoms with Crippen molar-refractivity contribution in [3.8, 4) is 0 Å². The normalized spacial score (nSPS) is 20.7. The number of piperidine rings is 1. The van der Waals surface area contributed by atoms with Crippen LogP contribution in [0.25, 0.3) is 5.70 Å². The molecule has 2 fully saturated rings. The van der Waals surface area contributed by atoms with Crippen LogP contribution in [-0.2, 0) is 25.4 Å². The summed E-state index contributed by atoms with van der Waals surface area (Å²) in [5.74, 6) is -0.396. The summed E-state index contributed by atoms with van der Waals surface area (Å²) in [6, 6.07) is -0.363. The summed E-state index contributed by atoms with van der Waals surface area (Å²) in [4.78, 5) is 47.2. The van der Waals surface area contributed by atoms with Crippen LogP contribution in [0.4, 0.5) is 4.79 Å². The highest BCUT2D eigenvalue weighted by atomic mass is 16.6. The number of rotatable bonds is 11. The molecule has 11 nitrogen and oxygen atoms in total. The van der Waals surface area contributed by atoms with Gasteiger partial charge in [-0.05, 0) is 71.3 Å². The molecular formula is C34H53N5O6. The third-order valence-corrected chi connectivity index (χ3v) is 8.39. The molecule has 1 aromatic rings. The average Bonchev–Trinajstić information content (AvgIpc) is 3.45. The second-order valence-electron chi connectivity index (χ2n) is 13.8. The van der Waals surface area contributed by atoms with Crippen LogP contribution in [0.3, 0.4) is 0 Å². The summed E-state index contributed by atoms with van der Waals surface area (Å²) < 4.78 is 18.5. The number of ether oxygens (including phenoxy) is 3. The van der Waals surface area contributed by atoms with Gasteiger partial charge in [0.25, 0.3) is 5.91 Å². The van der Waals surface area contributed by atoms with Crippen LogP contribution < -0.4 is 0 Å². The Balaban J connectivity index is 1.67. The number of unbranched alkanes of at least 4 members (excludes halogenated alkanes) is 1. The van der Waals surface area contributed by atoms with E-state index in [-0.39, 0.29) is 30.3 Å². The number of amides is 3. The van der Waals surface area contributed by atoms with E-state index in [9.17, 15) is 14.4 Å². The van der Waals surface area contributed by atoms with Gasteiger partial charge in [0.1, 0.15) is 5.60 Å². The summed E-state index contributed by atoms with van der Waals surface area (Å²) in [6.45, 7) is 13.4. The molecule has 2 aliphatic heterocycles. The van der Waals surface area contributed by atoms with E-state index < -0.39 is 17.6 Å². The van der Waals surface area contributed by atoms with Crippen LogP contribution in [0.1, 0.15) is 82.8 Å². The zero-order valence-electron chi connectivity index (χ0n) is 28.1. The van der Waals surface area contributed by atoms with Gasteiger partial charge in [0.15, 0.2) is 0 Å². The molecule has 4 rings (SSSR count). The van der Waals surface area contributed by atoms with Gasteiger partial charge < -0.3 is 28.9 Å². The largest absolute Gasteiger partial charge is 0.444 e. The van der Waals surface area contributed by atoms with Gasteiger partial charge in [-0.3, -0.25) is 9.59 Å². The van der Waals surface area contributed by atoms with E-state index in [2.05, 4.69) is 26.0 Å². The van der Waals surface area contributed by atoms with Crippen molar-refractivity contribution in [3.63, 3.8) is 0 Å². The Kier molecular flexibility index (Phi) is 12.2. The standard InChI is InChI=1S/C34H53N5O6/c1-25(2)22-38(32(41)29-21-35-39(27-12-8-7-9-13-27)30(29)14-10-11-17-43-6)28-20-26(31(40)36-15-18-44-19-16-36)23-37(24-28)33(42)45-34(3,4)5/h7-8,12,21,25-26,28H,9-11,13-20,22-24H2,1-6H3/t26-,28+/m1/s1. The second kappa shape index (κ2) is 15.9. The molecule has 250 valence electrons. The van der Waals surface area contributed by atoms with Gasteiger partial charge in [-0.2, -0.15) is 5.10 Å². The van der Waals surface area contributed by atoms with Crippen LogP contribution in [0, 0.1) is 11.8 Å². The van der Waals surface area contributed by atoms with Crippen molar-refractivity contribution in [3.05, 3.63) is 35.7 Å². The van der Waals surface area contributed by atoms with Crippen molar-refractivity contribution in [1.82, 2.24) is 24.5 Å². The topological polar surface area (TPSA) is 106 Å². The molecule has 0 bridgehead atoms. The molecule has 0 spiro atoms. The minimum absolute atomic E-state index is 0.00236. The lowest BCUT2D eigenvalue weighted by Crippen LogP contribution is -2.58. The fourth-order valence-electron chi connectivity index (χ4n) is 6.29. The minimum atomic E-state index is -0.684. The number of hydrogen-bond donors (Lipinski definition) is 0. The molecule has 45 heavy (non-hydrogen) atoms. The minimum Gasteiger partial charge on any atom is -0.444 e. The molecule has 1 aromatic heterocycles. The maximum atomic E-state index is 14.6. The highest BCUT2D eigenvalue weighted by Gasteiger charge is 2.41. The number of allylic oxidation sites excluding steroid dienone is 4. The summed E-state index contributed by atoms with van der Waals surface area (Å²) >= 11 is 0. The molecule has 2 saturated heterocycles. The Morgan fingerprint density at radius 2 is 1.87 bits per heavy atom. The Morgan fingerprint density at radius 1 is 1.11 bits per heavy atom. The van der Waals surface area contributed by atoms with Crippen molar-refractivity contribution < 1.29 is 28.6 Å². The number of morpholine rings is 1. The van der Waals surface area contributed by atoms with Crippen LogP contribution in [0.15, 0.2) is 24.4 Å². The first kappa shape index (κ1) is 34.7. The van der Waals surface area contributed by atoms with Gasteiger partial charge >= 0.3 is 6.09 Å². The van der Waals surface area contributed by atoms with Gasteiger partial charge in [-0.15, -0.1) is 0 Å². The Labute approximate surface area is 268 Å². The highest BCUT2D eigenvalue weighted by Crippen LogP contribution is 2.29. The molecule has 0 unspecified atom stereocenters. The Morgan fingerprint density at radius 3 is 2.51 bits per heavy atom. The average molecular weight is 628 g/mol. The predicted octanol–water partition coefficient (Wildman–Crippen LogP) is 4.63. The van der Waals surface area contributed by atoms with Crippen LogP contribution in [-0.4, -0.2) is 114 Å². The Bertz CT molecular complexity index is 1230. The lowest BCUT2D eigenvalue weighted by Gasteiger charge is -2.44. The van der Waals surface area contributed by atoms with Crippen LogP contribution in [0.2, 0.25) is 0 Å². The van der Waals surface area contributed by atoms with Crippen LogP contribution in [0.5, 0.6) is 0 Å². The first-order chi connectivity index (χ1) is 21.5. The molecule has 3 amide bonds. The molecule has 0 aromatic carbocycles. The van der Waals surface area contributed by atoms with Crippen molar-refractivity contribution >= 4 is 23.6 Å². The molecule has 0 saturated carbocycles. The van der Waals surface area contributed by atoms with Gasteiger partial charge in [-0.1, -0.05) is 26.0 Å². The molecule has 1 aliphatic carbocycles. The molecule has 0 radical (unpaired) electrons. The third-order valence-electron chi connectivity index (χ3n) is 8.39. The molecule has 2 atom stereocenters. The van der Waals surface area contributed by atoms with Gasteiger partial charge in [-0.25, -0.2) is 9.48 Å². The van der Waals surface area contributed by atoms with E-state index in [1.54, 1.807) is 18.2 Å². The van der Waals surface area contributed by atoms with E-state index in [1.807, 2.05) is 41.3 Å². The molecule has 0 N–H and O–H groups in total. The van der Waals surface area contributed by atoms with E-state index in [4.69, 9.17) is 19.3 Å². The second-order valence-corrected chi connectivity index (χ2v) is 13.8. The number of carbonyl (C=O) groups is 3. The third kappa shape index (κ3) is 9.42. The molecule has 11 heteroatoms. The maximum absolute atomic E-state index is 14.6. The number of hydrogen-bond acceptors (Lipinski definition) is 7. The monoisotopic (exact) mass is 627 g/mol. The first-order valence-electron chi connectivity index (χ1n) is 16.6. The fourth-order valence-corrected chi connectivity index (χ4v) is 6.29. The van der Waals surface area contributed by atoms with Crippen molar-refractivity contribution in [1.29, 1.82) is 0 Å². The number of nitrogens with zero attached hydrogens (tertiary/aromatic N) is 5. The molecular weight excluding hydrogens is 574 g/mol. The lowest BCUT2D eigenvalue weighted by molar-refractivity contribution is -0.142. The Hall–Kier alpha value is -3.18. The molecule has 3 heterocycles. The maximum Gasteiger partial charge on any atom is 0.410 e. The van der Waals surface area contributed by atoms with Crippen molar-refractivity contribution in [2.45, 2.75) is 84.8 Å². The van der Waals surface area contributed by atoms with Gasteiger partial charge in [0, 0.05) is 52.1 Å². The zero-order chi connectivity index (χ0) is 32.6. The molecule has 3 aliphatic rings. The zero-order valence-corrected chi connectivity index (χ0v) is 28.1. The summed E-state index contributed by atoms with van der Waals surface area (Å²) in [6.07, 6.45) is 12.2. The first-order valence-corrected chi connectivity index (χ1v) is 16.6. The fraction of sp³-hybridized carbons (Fsp3) is 0.706. The number of methoxy groups -OCH3 is 1. The van der Waals surface area contributed by atoms with E-state index in [0.717, 1.165) is 37.1 Å². The van der Waals surface area contributed by atoms with E-state index in [1.165, 1.54) is 0 Å². The summed E-state index contributed by atoms with van der Waals surface area (Å²) in [5.41, 5.74) is 1.86. The highest BCUT2D eigenvalue weighted by molar-refractivity contribution is 5.96. The van der Waals surface area contributed by atoms with Gasteiger partial charge in [0.2, 0.25) is 5.91 Å². The number of likely N-dealkylation sites (tertiary alicyclic amines) is 1. The van der Waals surface area contributed by atoms with Crippen molar-refractivity contribution in [2.24, 2.45) is 11.8 Å². The summed E-state index contributed by atoms with van der Waals surface area (Å²) in [5, 5.41) is 4.73. The predicted molar refractivity (Wildman–Crippen MR) is 173 cm³/mol. The van der Waals surface area contributed by atoms with E-state index >= 15 is 0 Å². The smallest absolute Gasteiger partial charge is 0.410 e. The van der Waals surface area contributed by atoms with Crippen molar-refractivity contribution in [2.75, 3.05) is 59.7 Å². The number of aromatic nitrogens is 2. The summed E-state index contributed by atoms with van der Waals surface area (Å²) in [7, 11) is 1.70. The number of carbonyl (C=O) groups excluding carboxylic acids is 3. The van der Waals surface area contributed by atoms with Gasteiger partial charge in [0.05, 0.1) is 42.6 Å². The van der Waals surface area contributed by atoms with Crippen LogP contribution >= 0.6 is 0 Å². The quantitative estimate of drug-likeness (QED) is 0.330. The SMILES string of the molecule is COCCCCc1c(C(=O)N(CC(C)C)[C@H]2C[C@@H](C(=O)N3CCOCC3)CN(C(=O)OC(C)(C)C)C2)cnn1C1=CC=CCC1. The lowest BCUT2D eigenvalue weighted by atomic mass is 9.91.